The van der Waals surface area contributed by atoms with Crippen LogP contribution >= 0.6 is 11.6 Å². The predicted molar refractivity (Wildman–Crippen MR) is 82.8 cm³/mol. The first kappa shape index (κ1) is 16.1. The van der Waals surface area contributed by atoms with E-state index in [1.807, 2.05) is 6.07 Å². The highest BCUT2D eigenvalue weighted by Gasteiger charge is 2.34. The minimum atomic E-state index is -0.711. The number of carbonyl (C=O) groups excluding carboxylic acids is 1. The van der Waals surface area contributed by atoms with Crippen LogP contribution in [0.15, 0.2) is 18.2 Å². The molecule has 0 aromatic heterocycles. The summed E-state index contributed by atoms with van der Waals surface area (Å²) < 4.78 is 5.20. The molecule has 6 heteroatoms. The summed E-state index contributed by atoms with van der Waals surface area (Å²) in [6.07, 6.45) is -0.0363. The van der Waals surface area contributed by atoms with Crippen molar-refractivity contribution in [3.05, 3.63) is 28.8 Å². The molecule has 0 atom stereocenters. The van der Waals surface area contributed by atoms with Crippen LogP contribution in [-0.4, -0.2) is 35.5 Å². The highest BCUT2D eigenvalue weighted by molar-refractivity contribution is 6.33. The van der Waals surface area contributed by atoms with Crippen molar-refractivity contribution >= 4 is 23.4 Å². The molecule has 0 spiro atoms. The van der Waals surface area contributed by atoms with E-state index >= 15 is 0 Å². The van der Waals surface area contributed by atoms with Crippen molar-refractivity contribution < 1.29 is 14.6 Å². The van der Waals surface area contributed by atoms with Gasteiger partial charge in [0.1, 0.15) is 5.60 Å². The summed E-state index contributed by atoms with van der Waals surface area (Å²) >= 11 is 6.09. The number of amides is 1. The van der Waals surface area contributed by atoms with Crippen LogP contribution < -0.4 is 10.6 Å². The Labute approximate surface area is 129 Å². The number of hydrogen-bond acceptors (Lipinski definition) is 4. The van der Waals surface area contributed by atoms with Gasteiger partial charge < -0.3 is 15.2 Å². The summed E-state index contributed by atoms with van der Waals surface area (Å²) in [5, 5.41) is 16.3. The molecule has 1 fully saturated rings. The van der Waals surface area contributed by atoms with Gasteiger partial charge in [0.25, 0.3) is 0 Å². The molecule has 5 nitrogen and oxygen atoms in total. The maximum atomic E-state index is 11.8. The number of anilines is 1. The third kappa shape index (κ3) is 4.59. The van der Waals surface area contributed by atoms with Gasteiger partial charge >= 0.3 is 6.09 Å². The van der Waals surface area contributed by atoms with E-state index in [0.29, 0.717) is 30.2 Å². The number of hydrogen-bond donors (Lipinski definition) is 3. The van der Waals surface area contributed by atoms with E-state index in [1.165, 1.54) is 0 Å². The second-order valence-electron chi connectivity index (χ2n) is 6.45. The summed E-state index contributed by atoms with van der Waals surface area (Å²) in [7, 11) is 0. The van der Waals surface area contributed by atoms with Gasteiger partial charge in [0.05, 0.1) is 16.3 Å². The van der Waals surface area contributed by atoms with Crippen molar-refractivity contribution in [2.75, 3.05) is 18.4 Å². The average molecular weight is 313 g/mol. The normalized spacial score (nSPS) is 17.0. The van der Waals surface area contributed by atoms with Gasteiger partial charge in [-0.25, -0.2) is 4.79 Å². The molecule has 1 aliphatic heterocycles. The molecular weight excluding hydrogens is 292 g/mol. The van der Waals surface area contributed by atoms with Gasteiger partial charge in [0.15, 0.2) is 0 Å². The van der Waals surface area contributed by atoms with E-state index in [2.05, 4.69) is 10.6 Å². The summed E-state index contributed by atoms with van der Waals surface area (Å²) in [6, 6.07) is 5.32. The van der Waals surface area contributed by atoms with Crippen LogP contribution in [0.3, 0.4) is 0 Å². The first-order valence-corrected chi connectivity index (χ1v) is 7.26. The Bertz CT molecular complexity index is 536. The Morgan fingerprint density at radius 1 is 1.48 bits per heavy atom. The molecule has 1 saturated heterocycles. The number of aliphatic hydroxyl groups is 1. The molecule has 0 aliphatic carbocycles. The number of carbonyl (C=O) groups is 1. The highest BCUT2D eigenvalue weighted by atomic mass is 35.5. The Kier molecular flexibility index (Phi) is 4.46. The molecule has 1 aromatic carbocycles. The van der Waals surface area contributed by atoms with E-state index in [0.717, 1.165) is 5.56 Å². The van der Waals surface area contributed by atoms with Crippen molar-refractivity contribution in [3.8, 4) is 0 Å². The summed E-state index contributed by atoms with van der Waals surface area (Å²) in [6.45, 7) is 6.53. The van der Waals surface area contributed by atoms with Gasteiger partial charge in [-0.05, 0) is 38.5 Å². The second-order valence-corrected chi connectivity index (χ2v) is 6.85. The molecule has 0 bridgehead atoms. The van der Waals surface area contributed by atoms with Crippen LogP contribution in [0.25, 0.3) is 0 Å². The predicted octanol–water partition coefficient (Wildman–Crippen LogP) is 2.56. The van der Waals surface area contributed by atoms with E-state index < -0.39 is 17.3 Å². The first-order chi connectivity index (χ1) is 9.67. The monoisotopic (exact) mass is 312 g/mol. The number of rotatable bonds is 3. The number of β-amino-alcohol motifs (C(OH)–C–C–N with tert-alkyl or cyclic N) is 1. The van der Waals surface area contributed by atoms with Gasteiger partial charge in [-0.1, -0.05) is 17.7 Å². The molecule has 0 unspecified atom stereocenters. The lowest BCUT2D eigenvalue weighted by Gasteiger charge is -2.37. The van der Waals surface area contributed by atoms with Crippen LogP contribution in [-0.2, 0) is 11.2 Å². The van der Waals surface area contributed by atoms with Crippen molar-refractivity contribution in [2.45, 2.75) is 38.4 Å². The van der Waals surface area contributed by atoms with Crippen LogP contribution in [0.5, 0.6) is 0 Å². The molecule has 3 N–H and O–H groups in total. The van der Waals surface area contributed by atoms with Crippen molar-refractivity contribution in [3.63, 3.8) is 0 Å². The fraction of sp³-hybridized carbons (Fsp3) is 0.533. The zero-order chi connectivity index (χ0) is 15.7. The molecule has 1 amide bonds. The lowest BCUT2D eigenvalue weighted by Crippen LogP contribution is -2.60. The van der Waals surface area contributed by atoms with E-state index in [9.17, 15) is 9.90 Å². The number of halogens is 1. The summed E-state index contributed by atoms with van der Waals surface area (Å²) in [5.41, 5.74) is 0.117. The molecule has 116 valence electrons. The number of ether oxygens (including phenoxy) is 1. The average Bonchev–Trinajstić information content (AvgIpc) is 2.29. The molecule has 0 saturated carbocycles. The van der Waals surface area contributed by atoms with Crippen LogP contribution in [0.2, 0.25) is 5.02 Å². The molecular formula is C15H21ClN2O3. The van der Waals surface area contributed by atoms with Gasteiger partial charge in [-0.3, -0.25) is 5.32 Å². The van der Waals surface area contributed by atoms with Gasteiger partial charge in [-0.15, -0.1) is 0 Å². The maximum Gasteiger partial charge on any atom is 0.412 e. The topological polar surface area (TPSA) is 70.6 Å². The van der Waals surface area contributed by atoms with E-state index in [1.54, 1.807) is 32.9 Å². The first-order valence-electron chi connectivity index (χ1n) is 6.88. The Morgan fingerprint density at radius 2 is 2.14 bits per heavy atom. The Morgan fingerprint density at radius 3 is 2.67 bits per heavy atom. The number of benzene rings is 1. The minimum absolute atomic E-state index is 0.434. The Balaban J connectivity index is 2.06. The van der Waals surface area contributed by atoms with Crippen LogP contribution in [0.1, 0.15) is 26.3 Å². The Hall–Kier alpha value is -1.30. The molecule has 1 aromatic rings. The standard InChI is InChI=1S/C15H21ClN2O3/c1-14(2,3)21-13(19)18-12-6-10(4-5-11(12)16)7-15(20)8-17-9-15/h4-6,17,20H,7-9H2,1-3H3,(H,18,19). The zero-order valence-corrected chi connectivity index (χ0v) is 13.3. The van der Waals surface area contributed by atoms with Gasteiger partial charge in [0, 0.05) is 19.5 Å². The third-order valence-corrected chi connectivity index (χ3v) is 3.44. The van der Waals surface area contributed by atoms with Crippen molar-refractivity contribution in [2.24, 2.45) is 0 Å². The number of nitrogens with one attached hydrogen (secondary N) is 2. The molecule has 0 radical (unpaired) electrons. The molecule has 21 heavy (non-hydrogen) atoms. The zero-order valence-electron chi connectivity index (χ0n) is 12.5. The second kappa shape index (κ2) is 5.83. The van der Waals surface area contributed by atoms with Crippen LogP contribution in [0, 0.1) is 0 Å². The van der Waals surface area contributed by atoms with E-state index in [4.69, 9.17) is 16.3 Å². The largest absolute Gasteiger partial charge is 0.444 e. The lowest BCUT2D eigenvalue weighted by atomic mass is 9.89. The SMILES string of the molecule is CC(C)(C)OC(=O)Nc1cc(CC2(O)CNC2)ccc1Cl. The lowest BCUT2D eigenvalue weighted by molar-refractivity contribution is -0.00900. The van der Waals surface area contributed by atoms with Crippen molar-refractivity contribution in [1.29, 1.82) is 0 Å². The maximum absolute atomic E-state index is 11.8. The minimum Gasteiger partial charge on any atom is -0.444 e. The van der Waals surface area contributed by atoms with Crippen molar-refractivity contribution in [1.82, 2.24) is 5.32 Å². The third-order valence-electron chi connectivity index (χ3n) is 3.11. The van der Waals surface area contributed by atoms with E-state index in [-0.39, 0.29) is 0 Å². The summed E-state index contributed by atoms with van der Waals surface area (Å²) in [5.74, 6) is 0. The fourth-order valence-corrected chi connectivity index (χ4v) is 2.28. The fourth-order valence-electron chi connectivity index (χ4n) is 2.11. The van der Waals surface area contributed by atoms with Gasteiger partial charge in [-0.2, -0.15) is 0 Å². The highest BCUT2D eigenvalue weighted by Crippen LogP contribution is 2.26. The van der Waals surface area contributed by atoms with Crippen LogP contribution in [0.4, 0.5) is 10.5 Å². The summed E-state index contributed by atoms with van der Waals surface area (Å²) in [4.78, 5) is 11.8. The molecule has 2 rings (SSSR count). The molecule has 1 aliphatic rings. The quantitative estimate of drug-likeness (QED) is 0.802. The smallest absolute Gasteiger partial charge is 0.412 e. The molecule has 1 heterocycles. The van der Waals surface area contributed by atoms with Gasteiger partial charge in [0.2, 0.25) is 0 Å².